The lowest BCUT2D eigenvalue weighted by molar-refractivity contribution is 0.0935. The summed E-state index contributed by atoms with van der Waals surface area (Å²) in [4.78, 5) is 16.0. The Balaban J connectivity index is 1.54. The van der Waals surface area contributed by atoms with Gasteiger partial charge in [-0.3, -0.25) is 4.79 Å². The van der Waals surface area contributed by atoms with Crippen molar-refractivity contribution in [2.45, 2.75) is 32.2 Å². The van der Waals surface area contributed by atoms with Crippen molar-refractivity contribution in [1.29, 1.82) is 0 Å². The fourth-order valence-electron chi connectivity index (χ4n) is 3.09. The fraction of sp³-hybridized carbons (Fsp3) is 0.294. The zero-order chi connectivity index (χ0) is 18.3. The number of hydrogen-bond acceptors (Lipinski definition) is 6. The standard InChI is InChI=1S/C17H14F2N4O3/c1-8-12(7-25-22-8)16(24)20-13-5-3-9-6-10(2-4-11(9)13)15-21-17(14(18)19)26-23-15/h2,4,6-7,13-14H,3,5H2,1H3,(H,20,24). The summed E-state index contributed by atoms with van der Waals surface area (Å²) < 4.78 is 34.5. The van der Waals surface area contributed by atoms with Crippen LogP contribution in [0.1, 0.15) is 52.0 Å². The summed E-state index contributed by atoms with van der Waals surface area (Å²) in [6.07, 6.45) is 0.00582. The third kappa shape index (κ3) is 2.85. The summed E-state index contributed by atoms with van der Waals surface area (Å²) in [6, 6.07) is 5.28. The van der Waals surface area contributed by atoms with Crippen LogP contribution in [-0.2, 0) is 6.42 Å². The van der Waals surface area contributed by atoms with Crippen LogP contribution in [0.5, 0.6) is 0 Å². The van der Waals surface area contributed by atoms with E-state index in [1.807, 2.05) is 12.1 Å². The van der Waals surface area contributed by atoms with Crippen LogP contribution >= 0.6 is 0 Å². The van der Waals surface area contributed by atoms with E-state index in [1.54, 1.807) is 13.0 Å². The van der Waals surface area contributed by atoms with Gasteiger partial charge in [-0.1, -0.05) is 22.4 Å². The highest BCUT2D eigenvalue weighted by molar-refractivity contribution is 5.95. The van der Waals surface area contributed by atoms with Crippen molar-refractivity contribution in [3.63, 3.8) is 0 Å². The molecule has 4 rings (SSSR count). The summed E-state index contributed by atoms with van der Waals surface area (Å²) in [5.74, 6) is -0.823. The molecular formula is C17H14F2N4O3. The molecule has 0 fully saturated rings. The Bertz CT molecular complexity index is 967. The molecule has 0 spiro atoms. The normalized spacial score (nSPS) is 16.1. The van der Waals surface area contributed by atoms with E-state index in [0.29, 0.717) is 16.8 Å². The first-order chi connectivity index (χ1) is 12.5. The van der Waals surface area contributed by atoms with Gasteiger partial charge < -0.3 is 14.4 Å². The zero-order valence-corrected chi connectivity index (χ0v) is 13.7. The maximum Gasteiger partial charge on any atom is 0.315 e. The van der Waals surface area contributed by atoms with E-state index < -0.39 is 12.3 Å². The minimum Gasteiger partial charge on any atom is -0.364 e. The first-order valence-corrected chi connectivity index (χ1v) is 7.99. The van der Waals surface area contributed by atoms with Crippen molar-refractivity contribution in [2.75, 3.05) is 0 Å². The van der Waals surface area contributed by atoms with Gasteiger partial charge in [0.05, 0.1) is 11.7 Å². The monoisotopic (exact) mass is 360 g/mol. The molecule has 134 valence electrons. The molecule has 1 N–H and O–H groups in total. The number of benzene rings is 1. The van der Waals surface area contributed by atoms with Crippen LogP contribution in [0.25, 0.3) is 11.4 Å². The highest BCUT2D eigenvalue weighted by atomic mass is 19.3. The molecule has 9 heteroatoms. The number of carbonyl (C=O) groups is 1. The Morgan fingerprint density at radius 2 is 2.19 bits per heavy atom. The average Bonchev–Trinajstić information content (AvgIpc) is 3.34. The van der Waals surface area contributed by atoms with E-state index in [0.717, 1.165) is 24.0 Å². The van der Waals surface area contributed by atoms with Crippen LogP contribution in [0, 0.1) is 6.92 Å². The van der Waals surface area contributed by atoms with E-state index in [-0.39, 0.29) is 17.8 Å². The minimum atomic E-state index is -2.80. The third-order valence-electron chi connectivity index (χ3n) is 4.41. The predicted octanol–water partition coefficient (Wildman–Crippen LogP) is 3.39. The number of amides is 1. The predicted molar refractivity (Wildman–Crippen MR) is 84.5 cm³/mol. The first-order valence-electron chi connectivity index (χ1n) is 7.99. The van der Waals surface area contributed by atoms with Gasteiger partial charge in [0, 0.05) is 5.56 Å². The van der Waals surface area contributed by atoms with Gasteiger partial charge in [-0.15, -0.1) is 0 Å². The van der Waals surface area contributed by atoms with Gasteiger partial charge in [0.1, 0.15) is 11.8 Å². The highest BCUT2D eigenvalue weighted by Crippen LogP contribution is 2.34. The molecule has 0 saturated heterocycles. The maximum absolute atomic E-state index is 12.6. The number of hydrogen-bond donors (Lipinski definition) is 1. The Hall–Kier alpha value is -3.10. The molecule has 2 heterocycles. The van der Waals surface area contributed by atoms with Crippen LogP contribution in [0.4, 0.5) is 8.78 Å². The van der Waals surface area contributed by atoms with E-state index in [1.165, 1.54) is 6.26 Å². The van der Waals surface area contributed by atoms with Crippen molar-refractivity contribution in [1.82, 2.24) is 20.6 Å². The highest BCUT2D eigenvalue weighted by Gasteiger charge is 2.26. The second kappa shape index (κ2) is 6.32. The summed E-state index contributed by atoms with van der Waals surface area (Å²) in [6.45, 7) is 1.70. The van der Waals surface area contributed by atoms with Crippen LogP contribution in [-0.4, -0.2) is 21.2 Å². The SMILES string of the molecule is Cc1nocc1C(=O)NC1CCc2cc(-c3noc(C(F)F)n3)ccc21. The Morgan fingerprint density at radius 1 is 1.35 bits per heavy atom. The van der Waals surface area contributed by atoms with Gasteiger partial charge in [0.25, 0.3) is 11.8 Å². The molecule has 7 nitrogen and oxygen atoms in total. The van der Waals surface area contributed by atoms with Crippen molar-refractivity contribution >= 4 is 5.91 Å². The smallest absolute Gasteiger partial charge is 0.315 e. The van der Waals surface area contributed by atoms with Crippen molar-refractivity contribution in [2.24, 2.45) is 0 Å². The van der Waals surface area contributed by atoms with E-state index in [9.17, 15) is 13.6 Å². The fourth-order valence-corrected chi connectivity index (χ4v) is 3.09. The molecule has 0 aliphatic heterocycles. The van der Waals surface area contributed by atoms with Gasteiger partial charge in [-0.05, 0) is 37.0 Å². The van der Waals surface area contributed by atoms with Crippen molar-refractivity contribution < 1.29 is 22.6 Å². The number of aromatic nitrogens is 3. The second-order valence-electron chi connectivity index (χ2n) is 6.05. The lowest BCUT2D eigenvalue weighted by Gasteiger charge is -2.13. The van der Waals surface area contributed by atoms with E-state index in [2.05, 4.69) is 25.1 Å². The molecule has 3 aromatic rings. The van der Waals surface area contributed by atoms with Crippen molar-refractivity contribution in [3.05, 3.63) is 52.7 Å². The number of nitrogens with one attached hydrogen (secondary N) is 1. The van der Waals surface area contributed by atoms with Gasteiger partial charge in [0.2, 0.25) is 5.82 Å². The van der Waals surface area contributed by atoms with Gasteiger partial charge in [-0.2, -0.15) is 13.8 Å². The molecule has 0 bridgehead atoms. The van der Waals surface area contributed by atoms with E-state index >= 15 is 0 Å². The van der Waals surface area contributed by atoms with Crippen LogP contribution < -0.4 is 5.32 Å². The zero-order valence-electron chi connectivity index (χ0n) is 13.7. The van der Waals surface area contributed by atoms with Gasteiger partial charge in [-0.25, -0.2) is 0 Å². The number of fused-ring (bicyclic) bond motifs is 1. The van der Waals surface area contributed by atoms with Gasteiger partial charge in [0.15, 0.2) is 0 Å². The molecule has 1 aromatic carbocycles. The number of nitrogens with zero attached hydrogens (tertiary/aromatic N) is 3. The average molecular weight is 360 g/mol. The lowest BCUT2D eigenvalue weighted by atomic mass is 10.0. The Morgan fingerprint density at radius 3 is 2.88 bits per heavy atom. The van der Waals surface area contributed by atoms with E-state index in [4.69, 9.17) is 4.52 Å². The molecule has 1 aliphatic rings. The maximum atomic E-state index is 12.6. The third-order valence-corrected chi connectivity index (χ3v) is 4.41. The molecule has 1 amide bonds. The van der Waals surface area contributed by atoms with Gasteiger partial charge >= 0.3 is 6.43 Å². The first kappa shape index (κ1) is 16.4. The quantitative estimate of drug-likeness (QED) is 0.766. The molecule has 0 radical (unpaired) electrons. The van der Waals surface area contributed by atoms with Crippen molar-refractivity contribution in [3.8, 4) is 11.4 Å². The molecular weight excluding hydrogens is 346 g/mol. The Labute approximate surface area is 146 Å². The molecule has 0 saturated carbocycles. The second-order valence-corrected chi connectivity index (χ2v) is 6.05. The molecule has 1 aliphatic carbocycles. The number of halogens is 2. The summed E-state index contributed by atoms with van der Waals surface area (Å²) in [7, 11) is 0. The van der Waals surface area contributed by atoms with Crippen LogP contribution in [0.2, 0.25) is 0 Å². The number of aryl methyl sites for hydroxylation is 2. The molecule has 1 atom stereocenters. The topological polar surface area (TPSA) is 94.1 Å². The largest absolute Gasteiger partial charge is 0.364 e. The Kier molecular flexibility index (Phi) is 3.98. The summed E-state index contributed by atoms with van der Waals surface area (Å²) >= 11 is 0. The molecule has 26 heavy (non-hydrogen) atoms. The number of alkyl halides is 2. The van der Waals surface area contributed by atoms with Crippen LogP contribution in [0.3, 0.4) is 0 Å². The number of rotatable bonds is 4. The molecule has 1 unspecified atom stereocenters. The molecule has 2 aromatic heterocycles. The van der Waals surface area contributed by atoms with Crippen LogP contribution in [0.15, 0.2) is 33.5 Å². The minimum absolute atomic E-state index is 0.121. The number of carbonyl (C=O) groups excluding carboxylic acids is 1. The summed E-state index contributed by atoms with van der Waals surface area (Å²) in [5, 5.41) is 10.3. The lowest BCUT2D eigenvalue weighted by Crippen LogP contribution is -2.27. The summed E-state index contributed by atoms with van der Waals surface area (Å²) in [5.41, 5.74) is 3.53.